The lowest BCUT2D eigenvalue weighted by Crippen LogP contribution is -2.38. The van der Waals surface area contributed by atoms with Crippen LogP contribution in [0, 0.1) is 6.92 Å². The number of hydrogen-bond donors (Lipinski definition) is 1. The highest BCUT2D eigenvalue weighted by Crippen LogP contribution is 2.33. The Morgan fingerprint density at radius 1 is 1.07 bits per heavy atom. The predicted molar refractivity (Wildman–Crippen MR) is 111 cm³/mol. The zero-order valence-electron chi connectivity index (χ0n) is 16.4. The summed E-state index contributed by atoms with van der Waals surface area (Å²) >= 11 is 6.21. The second-order valence-electron chi connectivity index (χ2n) is 6.87. The molecule has 2 amide bonds. The van der Waals surface area contributed by atoms with Crippen LogP contribution < -0.4 is 10.1 Å². The van der Waals surface area contributed by atoms with Crippen LogP contribution in [0.15, 0.2) is 48.2 Å². The highest BCUT2D eigenvalue weighted by atomic mass is 35.5. The molecular weight excluding hydrogens is 376 g/mol. The summed E-state index contributed by atoms with van der Waals surface area (Å²) in [7, 11) is 0. The first-order valence-electron chi connectivity index (χ1n) is 9.22. The Morgan fingerprint density at radius 2 is 1.75 bits per heavy atom. The van der Waals surface area contributed by atoms with Gasteiger partial charge in [0.15, 0.2) is 0 Å². The third kappa shape index (κ3) is 3.76. The normalized spacial score (nSPS) is 14.3. The summed E-state index contributed by atoms with van der Waals surface area (Å²) in [6, 6.07) is 12.4. The van der Waals surface area contributed by atoms with E-state index in [0.29, 0.717) is 34.2 Å². The van der Waals surface area contributed by atoms with Crippen LogP contribution in [0.1, 0.15) is 31.9 Å². The Morgan fingerprint density at radius 3 is 2.32 bits per heavy atom. The first-order chi connectivity index (χ1) is 13.3. The molecule has 0 spiro atoms. The quantitative estimate of drug-likeness (QED) is 0.719. The van der Waals surface area contributed by atoms with E-state index in [4.69, 9.17) is 16.3 Å². The fourth-order valence-electron chi connectivity index (χ4n) is 3.10. The molecule has 2 aromatic rings. The summed E-state index contributed by atoms with van der Waals surface area (Å²) in [6.45, 7) is 8.00. The molecule has 1 heterocycles. The number of aryl methyl sites for hydroxylation is 1. The third-order valence-corrected chi connectivity index (χ3v) is 4.93. The lowest BCUT2D eigenvalue weighted by Gasteiger charge is -2.19. The molecule has 1 N–H and O–H groups in total. The van der Waals surface area contributed by atoms with Gasteiger partial charge in [-0.1, -0.05) is 29.8 Å². The van der Waals surface area contributed by atoms with Gasteiger partial charge >= 0.3 is 0 Å². The van der Waals surface area contributed by atoms with Crippen LogP contribution >= 0.6 is 11.6 Å². The summed E-state index contributed by atoms with van der Waals surface area (Å²) in [4.78, 5) is 27.3. The van der Waals surface area contributed by atoms with Gasteiger partial charge in [0.05, 0.1) is 12.2 Å². The van der Waals surface area contributed by atoms with Gasteiger partial charge in [0.2, 0.25) is 0 Å². The Kier molecular flexibility index (Phi) is 5.75. The fraction of sp³-hybridized carbons (Fsp3) is 0.273. The molecule has 146 valence electrons. The molecule has 0 unspecified atom stereocenters. The molecule has 2 aromatic carbocycles. The van der Waals surface area contributed by atoms with Crippen LogP contribution in [0.3, 0.4) is 0 Å². The number of carbonyl (C=O) groups excluding carboxylic acids is 2. The number of amides is 2. The number of benzene rings is 2. The van der Waals surface area contributed by atoms with Crippen LogP contribution in [0.25, 0.3) is 5.57 Å². The minimum Gasteiger partial charge on any atom is -0.494 e. The second kappa shape index (κ2) is 8.07. The van der Waals surface area contributed by atoms with Gasteiger partial charge < -0.3 is 10.1 Å². The first-order valence-corrected chi connectivity index (χ1v) is 9.59. The van der Waals surface area contributed by atoms with Crippen LogP contribution in [-0.4, -0.2) is 29.4 Å². The molecule has 1 aliphatic rings. The Labute approximate surface area is 169 Å². The Hall–Kier alpha value is -2.79. The molecule has 0 bridgehead atoms. The van der Waals surface area contributed by atoms with Crippen LogP contribution in [0.5, 0.6) is 5.75 Å². The molecular formula is C22H23ClN2O3. The molecule has 0 saturated heterocycles. The third-order valence-electron chi connectivity index (χ3n) is 4.53. The van der Waals surface area contributed by atoms with Crippen LogP contribution in [0.4, 0.5) is 5.69 Å². The van der Waals surface area contributed by atoms with E-state index >= 15 is 0 Å². The SMILES string of the molecule is CCOc1ccc(C2=C(Nc3ccc(C)c(Cl)c3)C(=O)N(C(C)C)C2=O)cc1. The van der Waals surface area contributed by atoms with Gasteiger partial charge in [0.1, 0.15) is 11.4 Å². The van der Waals surface area contributed by atoms with Crippen molar-refractivity contribution in [1.82, 2.24) is 4.90 Å². The first kappa shape index (κ1) is 20.0. The van der Waals surface area contributed by atoms with Crippen molar-refractivity contribution in [2.45, 2.75) is 33.7 Å². The van der Waals surface area contributed by atoms with Crippen molar-refractivity contribution in [2.24, 2.45) is 0 Å². The summed E-state index contributed by atoms with van der Waals surface area (Å²) in [5.41, 5.74) is 2.85. The smallest absolute Gasteiger partial charge is 0.278 e. The van der Waals surface area contributed by atoms with E-state index in [9.17, 15) is 9.59 Å². The van der Waals surface area contributed by atoms with Gasteiger partial charge in [-0.25, -0.2) is 0 Å². The zero-order valence-corrected chi connectivity index (χ0v) is 17.1. The molecule has 3 rings (SSSR count). The minimum absolute atomic E-state index is 0.251. The maximum Gasteiger partial charge on any atom is 0.278 e. The number of nitrogens with one attached hydrogen (secondary N) is 1. The van der Waals surface area contributed by atoms with E-state index in [0.717, 1.165) is 5.56 Å². The van der Waals surface area contributed by atoms with Gasteiger partial charge in [-0.05, 0) is 63.1 Å². The lowest BCUT2D eigenvalue weighted by molar-refractivity contribution is -0.138. The topological polar surface area (TPSA) is 58.6 Å². The molecule has 0 aliphatic carbocycles. The molecule has 0 aromatic heterocycles. The van der Waals surface area contributed by atoms with Crippen molar-refractivity contribution in [1.29, 1.82) is 0 Å². The van der Waals surface area contributed by atoms with E-state index in [2.05, 4.69) is 5.32 Å². The van der Waals surface area contributed by atoms with Gasteiger partial charge in [0.25, 0.3) is 11.8 Å². The largest absolute Gasteiger partial charge is 0.494 e. The highest BCUT2D eigenvalue weighted by Gasteiger charge is 2.40. The highest BCUT2D eigenvalue weighted by molar-refractivity contribution is 6.36. The van der Waals surface area contributed by atoms with Gasteiger partial charge in [-0.3, -0.25) is 14.5 Å². The number of halogens is 1. The van der Waals surface area contributed by atoms with Crippen LogP contribution in [-0.2, 0) is 9.59 Å². The summed E-state index contributed by atoms with van der Waals surface area (Å²) in [6.07, 6.45) is 0. The zero-order chi connectivity index (χ0) is 20.4. The van der Waals surface area contributed by atoms with E-state index in [1.54, 1.807) is 30.3 Å². The molecule has 0 radical (unpaired) electrons. The molecule has 0 saturated carbocycles. The van der Waals surface area contributed by atoms with Crippen molar-refractivity contribution in [3.63, 3.8) is 0 Å². The van der Waals surface area contributed by atoms with E-state index < -0.39 is 0 Å². The standard InChI is InChI=1S/C22H23ClN2O3/c1-5-28-17-10-7-15(8-11-17)19-20(22(27)25(13(2)3)21(19)26)24-16-9-6-14(4)18(23)12-16/h6-13,24H,5H2,1-4H3. The number of nitrogens with zero attached hydrogens (tertiary/aromatic N) is 1. The Balaban J connectivity index is 2.06. The number of anilines is 1. The molecule has 1 aliphatic heterocycles. The molecule has 28 heavy (non-hydrogen) atoms. The van der Waals surface area contributed by atoms with Gasteiger partial charge in [0, 0.05) is 16.8 Å². The lowest BCUT2D eigenvalue weighted by atomic mass is 10.0. The predicted octanol–water partition coefficient (Wildman–Crippen LogP) is 4.65. The summed E-state index contributed by atoms with van der Waals surface area (Å²) < 4.78 is 5.47. The second-order valence-corrected chi connectivity index (χ2v) is 7.28. The minimum atomic E-state index is -0.347. The Bertz CT molecular complexity index is 949. The average molecular weight is 399 g/mol. The van der Waals surface area contributed by atoms with Crippen molar-refractivity contribution in [2.75, 3.05) is 11.9 Å². The number of imide groups is 1. The van der Waals surface area contributed by atoms with E-state index in [1.807, 2.05) is 39.8 Å². The number of ether oxygens (including phenoxy) is 1. The molecule has 6 heteroatoms. The van der Waals surface area contributed by atoms with Gasteiger partial charge in [-0.15, -0.1) is 0 Å². The van der Waals surface area contributed by atoms with Crippen LogP contribution in [0.2, 0.25) is 5.02 Å². The maximum absolute atomic E-state index is 13.0. The van der Waals surface area contributed by atoms with Crippen molar-refractivity contribution in [3.05, 3.63) is 64.3 Å². The monoisotopic (exact) mass is 398 g/mol. The molecule has 0 fully saturated rings. The van der Waals surface area contributed by atoms with Crippen molar-refractivity contribution < 1.29 is 14.3 Å². The van der Waals surface area contributed by atoms with Crippen molar-refractivity contribution in [3.8, 4) is 5.75 Å². The average Bonchev–Trinajstić information content (AvgIpc) is 2.89. The van der Waals surface area contributed by atoms with Gasteiger partial charge in [-0.2, -0.15) is 0 Å². The maximum atomic E-state index is 13.0. The number of hydrogen-bond acceptors (Lipinski definition) is 4. The number of rotatable bonds is 6. The number of carbonyl (C=O) groups is 2. The summed E-state index contributed by atoms with van der Waals surface area (Å²) in [5, 5.41) is 3.70. The fourth-order valence-corrected chi connectivity index (χ4v) is 3.28. The molecule has 0 atom stereocenters. The van der Waals surface area contributed by atoms with E-state index in [-0.39, 0.29) is 23.6 Å². The van der Waals surface area contributed by atoms with Crippen molar-refractivity contribution >= 4 is 34.7 Å². The van der Waals surface area contributed by atoms with E-state index in [1.165, 1.54) is 4.90 Å². The molecule has 5 nitrogen and oxygen atoms in total. The summed E-state index contributed by atoms with van der Waals surface area (Å²) in [5.74, 6) is 0.0506.